The lowest BCUT2D eigenvalue weighted by atomic mass is 9.88. The SMILES string of the molecule is O=C(O)C[C@@H](c1ccccc1)c1ccc2[nH]ccc2c1. The molecule has 0 aliphatic heterocycles. The molecule has 0 saturated heterocycles. The number of carboxylic acids is 1. The monoisotopic (exact) mass is 265 g/mol. The van der Waals surface area contributed by atoms with E-state index in [-0.39, 0.29) is 12.3 Å². The van der Waals surface area contributed by atoms with Crippen LogP contribution in [0.3, 0.4) is 0 Å². The number of benzene rings is 2. The van der Waals surface area contributed by atoms with E-state index in [1.807, 2.05) is 54.7 Å². The standard InChI is InChI=1S/C17H15NO2/c19-17(20)11-15(12-4-2-1-3-5-12)13-6-7-16-14(10-13)8-9-18-16/h1-10,15,18H,11H2,(H,19,20)/t15-/m0/s1. The maximum atomic E-state index is 11.2. The van der Waals surface area contributed by atoms with E-state index < -0.39 is 5.97 Å². The summed E-state index contributed by atoms with van der Waals surface area (Å²) in [4.78, 5) is 14.3. The molecular formula is C17H15NO2. The van der Waals surface area contributed by atoms with Crippen LogP contribution in [0.2, 0.25) is 0 Å². The van der Waals surface area contributed by atoms with Gasteiger partial charge in [-0.15, -0.1) is 0 Å². The van der Waals surface area contributed by atoms with Crippen LogP contribution in [0, 0.1) is 0 Å². The second-order valence-electron chi connectivity index (χ2n) is 4.89. The molecule has 0 aliphatic carbocycles. The topological polar surface area (TPSA) is 53.1 Å². The van der Waals surface area contributed by atoms with Gasteiger partial charge in [0, 0.05) is 17.6 Å². The summed E-state index contributed by atoms with van der Waals surface area (Å²) in [7, 11) is 0. The van der Waals surface area contributed by atoms with Crippen molar-refractivity contribution in [1.29, 1.82) is 0 Å². The molecule has 3 heteroatoms. The van der Waals surface area contributed by atoms with E-state index in [4.69, 9.17) is 0 Å². The normalized spacial score (nSPS) is 12.4. The van der Waals surface area contributed by atoms with Gasteiger partial charge in [-0.3, -0.25) is 4.79 Å². The zero-order chi connectivity index (χ0) is 13.9. The Morgan fingerprint density at radius 1 is 1.05 bits per heavy atom. The lowest BCUT2D eigenvalue weighted by molar-refractivity contribution is -0.137. The fourth-order valence-corrected chi connectivity index (χ4v) is 2.58. The average Bonchev–Trinajstić information content (AvgIpc) is 2.93. The summed E-state index contributed by atoms with van der Waals surface area (Å²) in [5, 5.41) is 10.3. The van der Waals surface area contributed by atoms with Gasteiger partial charge in [-0.1, -0.05) is 36.4 Å². The highest BCUT2D eigenvalue weighted by atomic mass is 16.4. The van der Waals surface area contributed by atoms with E-state index in [2.05, 4.69) is 11.1 Å². The van der Waals surface area contributed by atoms with Crippen LogP contribution in [-0.4, -0.2) is 16.1 Å². The minimum Gasteiger partial charge on any atom is -0.481 e. The predicted octanol–water partition coefficient (Wildman–Crippen LogP) is 3.77. The van der Waals surface area contributed by atoms with Gasteiger partial charge in [0.2, 0.25) is 0 Å². The van der Waals surface area contributed by atoms with Crippen LogP contribution >= 0.6 is 0 Å². The summed E-state index contributed by atoms with van der Waals surface area (Å²) >= 11 is 0. The third-order valence-electron chi connectivity index (χ3n) is 3.56. The van der Waals surface area contributed by atoms with Crippen LogP contribution in [0.15, 0.2) is 60.8 Å². The minimum atomic E-state index is -0.784. The highest BCUT2D eigenvalue weighted by molar-refractivity contribution is 5.80. The van der Waals surface area contributed by atoms with Crippen molar-refractivity contribution in [3.8, 4) is 0 Å². The number of hydrogen-bond acceptors (Lipinski definition) is 1. The van der Waals surface area contributed by atoms with E-state index in [1.165, 1.54) is 0 Å². The fourth-order valence-electron chi connectivity index (χ4n) is 2.58. The van der Waals surface area contributed by atoms with Crippen molar-refractivity contribution in [3.63, 3.8) is 0 Å². The van der Waals surface area contributed by atoms with Crippen LogP contribution in [0.5, 0.6) is 0 Å². The van der Waals surface area contributed by atoms with E-state index in [1.54, 1.807) is 0 Å². The predicted molar refractivity (Wildman–Crippen MR) is 78.8 cm³/mol. The minimum absolute atomic E-state index is 0.0972. The number of carboxylic acid groups (broad SMARTS) is 1. The third kappa shape index (κ3) is 2.43. The Balaban J connectivity index is 2.06. The summed E-state index contributed by atoms with van der Waals surface area (Å²) in [6.07, 6.45) is 1.99. The molecule has 0 fully saturated rings. The molecule has 3 nitrogen and oxygen atoms in total. The number of aromatic nitrogens is 1. The lowest BCUT2D eigenvalue weighted by Gasteiger charge is -2.16. The molecule has 1 atom stereocenters. The first-order chi connectivity index (χ1) is 9.74. The molecule has 100 valence electrons. The smallest absolute Gasteiger partial charge is 0.304 e. The number of aliphatic carboxylic acids is 1. The van der Waals surface area contributed by atoms with Crippen molar-refractivity contribution in [2.45, 2.75) is 12.3 Å². The number of fused-ring (bicyclic) bond motifs is 1. The number of hydrogen-bond donors (Lipinski definition) is 2. The summed E-state index contributed by atoms with van der Waals surface area (Å²) in [6.45, 7) is 0. The second-order valence-corrected chi connectivity index (χ2v) is 4.89. The van der Waals surface area contributed by atoms with Crippen molar-refractivity contribution in [2.24, 2.45) is 0 Å². The molecule has 0 saturated carbocycles. The largest absolute Gasteiger partial charge is 0.481 e. The number of carbonyl (C=O) groups is 1. The zero-order valence-electron chi connectivity index (χ0n) is 10.9. The first-order valence-electron chi connectivity index (χ1n) is 6.58. The number of aromatic amines is 1. The quantitative estimate of drug-likeness (QED) is 0.754. The van der Waals surface area contributed by atoms with Gasteiger partial charge in [0.15, 0.2) is 0 Å². The first kappa shape index (κ1) is 12.5. The van der Waals surface area contributed by atoms with Gasteiger partial charge < -0.3 is 10.1 Å². The number of nitrogens with one attached hydrogen (secondary N) is 1. The molecule has 0 radical (unpaired) electrons. The molecule has 3 rings (SSSR count). The van der Waals surface area contributed by atoms with Gasteiger partial charge in [-0.05, 0) is 34.7 Å². The molecule has 2 N–H and O–H groups in total. The summed E-state index contributed by atoms with van der Waals surface area (Å²) < 4.78 is 0. The molecule has 0 aliphatic rings. The van der Waals surface area contributed by atoms with Gasteiger partial charge in [0.1, 0.15) is 0 Å². The number of rotatable bonds is 4. The maximum absolute atomic E-state index is 11.2. The van der Waals surface area contributed by atoms with Gasteiger partial charge in [0.05, 0.1) is 6.42 Å². The molecule has 1 heterocycles. The summed E-state index contributed by atoms with van der Waals surface area (Å²) in [5.41, 5.74) is 3.13. The molecule has 3 aromatic rings. The van der Waals surface area contributed by atoms with Crippen molar-refractivity contribution in [3.05, 3.63) is 71.9 Å². The molecule has 2 aromatic carbocycles. The average molecular weight is 265 g/mol. The van der Waals surface area contributed by atoms with Crippen molar-refractivity contribution in [2.75, 3.05) is 0 Å². The van der Waals surface area contributed by atoms with Crippen LogP contribution in [-0.2, 0) is 4.79 Å². The summed E-state index contributed by atoms with van der Waals surface area (Å²) in [5.74, 6) is -0.902. The van der Waals surface area contributed by atoms with E-state index in [0.29, 0.717) is 0 Å². The van der Waals surface area contributed by atoms with E-state index in [0.717, 1.165) is 22.0 Å². The van der Waals surface area contributed by atoms with Gasteiger partial charge in [-0.2, -0.15) is 0 Å². The van der Waals surface area contributed by atoms with Gasteiger partial charge >= 0.3 is 5.97 Å². The van der Waals surface area contributed by atoms with Crippen molar-refractivity contribution >= 4 is 16.9 Å². The van der Waals surface area contributed by atoms with Gasteiger partial charge in [0.25, 0.3) is 0 Å². The van der Waals surface area contributed by atoms with Crippen molar-refractivity contribution < 1.29 is 9.90 Å². The Kier molecular flexibility index (Phi) is 3.25. The third-order valence-corrected chi connectivity index (χ3v) is 3.56. The maximum Gasteiger partial charge on any atom is 0.304 e. The highest BCUT2D eigenvalue weighted by Gasteiger charge is 2.18. The lowest BCUT2D eigenvalue weighted by Crippen LogP contribution is -2.07. The van der Waals surface area contributed by atoms with Crippen LogP contribution in [0.1, 0.15) is 23.5 Å². The zero-order valence-corrected chi connectivity index (χ0v) is 10.9. The molecule has 0 amide bonds. The van der Waals surface area contributed by atoms with Crippen molar-refractivity contribution in [1.82, 2.24) is 4.98 Å². The Morgan fingerprint density at radius 3 is 2.60 bits per heavy atom. The molecule has 20 heavy (non-hydrogen) atoms. The molecule has 1 aromatic heterocycles. The molecule has 0 bridgehead atoms. The Hall–Kier alpha value is -2.55. The molecule has 0 unspecified atom stereocenters. The first-order valence-corrected chi connectivity index (χ1v) is 6.58. The Morgan fingerprint density at radius 2 is 1.85 bits per heavy atom. The molecule has 0 spiro atoms. The van der Waals surface area contributed by atoms with Crippen LogP contribution in [0.25, 0.3) is 10.9 Å². The van der Waals surface area contributed by atoms with E-state index in [9.17, 15) is 9.90 Å². The summed E-state index contributed by atoms with van der Waals surface area (Å²) in [6, 6.07) is 17.9. The fraction of sp³-hybridized carbons (Fsp3) is 0.118. The van der Waals surface area contributed by atoms with E-state index >= 15 is 0 Å². The second kappa shape index (κ2) is 5.21. The van der Waals surface area contributed by atoms with Crippen LogP contribution in [0.4, 0.5) is 0 Å². The van der Waals surface area contributed by atoms with Gasteiger partial charge in [-0.25, -0.2) is 0 Å². The van der Waals surface area contributed by atoms with Crippen LogP contribution < -0.4 is 0 Å². The molecular weight excluding hydrogens is 250 g/mol. The Bertz CT molecular complexity index is 731. The Labute approximate surface area is 116 Å². The number of H-pyrrole nitrogens is 1. The highest BCUT2D eigenvalue weighted by Crippen LogP contribution is 2.30.